The molecule has 0 spiro atoms. The Balaban J connectivity index is 1.89. The van der Waals surface area contributed by atoms with Gasteiger partial charge in [0, 0.05) is 33.1 Å². The van der Waals surface area contributed by atoms with Crippen LogP contribution in [0.15, 0.2) is 0 Å². The van der Waals surface area contributed by atoms with Crippen LogP contribution in [0.25, 0.3) is 0 Å². The smallest absolute Gasteiger partial charge is 0.242 e. The van der Waals surface area contributed by atoms with Crippen molar-refractivity contribution < 1.29 is 9.59 Å². The Bertz CT molecular complexity index is 354. The van der Waals surface area contributed by atoms with E-state index < -0.39 is 5.54 Å². The molecule has 1 aliphatic carbocycles. The van der Waals surface area contributed by atoms with Crippen LogP contribution in [0.5, 0.6) is 0 Å². The summed E-state index contributed by atoms with van der Waals surface area (Å²) in [5.74, 6) is 0.340. The molecular formula is C14H25N3O2. The highest BCUT2D eigenvalue weighted by Gasteiger charge is 2.41. The van der Waals surface area contributed by atoms with Gasteiger partial charge in [-0.2, -0.15) is 0 Å². The van der Waals surface area contributed by atoms with Gasteiger partial charge >= 0.3 is 0 Å². The predicted octanol–water partition coefficient (Wildman–Crippen LogP) is 0.585. The largest absolute Gasteiger partial charge is 0.349 e. The van der Waals surface area contributed by atoms with Gasteiger partial charge in [-0.05, 0) is 25.7 Å². The second kappa shape index (κ2) is 5.49. The van der Waals surface area contributed by atoms with E-state index in [4.69, 9.17) is 5.73 Å². The van der Waals surface area contributed by atoms with Gasteiger partial charge in [0.15, 0.2) is 0 Å². The van der Waals surface area contributed by atoms with E-state index in [1.807, 2.05) is 4.90 Å². The molecule has 2 rings (SSSR count). The highest BCUT2D eigenvalue weighted by Crippen LogP contribution is 2.30. The standard InChI is InChI=1S/C14H25N3O2/c1-16(2)12(18)11-5-9-17(10-6-11)13(19)14(15)7-3-4-8-14/h11H,3-10,15H2,1-2H3. The number of piperidine rings is 1. The number of nitrogens with two attached hydrogens (primary N) is 1. The molecule has 5 heteroatoms. The minimum Gasteiger partial charge on any atom is -0.349 e. The first kappa shape index (κ1) is 14.3. The minimum absolute atomic E-state index is 0.0661. The number of hydrogen-bond acceptors (Lipinski definition) is 3. The normalized spacial score (nSPS) is 23.4. The fourth-order valence-electron chi connectivity index (χ4n) is 3.23. The lowest BCUT2D eigenvalue weighted by molar-refractivity contribution is -0.142. The maximum atomic E-state index is 12.4. The molecule has 0 unspecified atom stereocenters. The maximum Gasteiger partial charge on any atom is 0.242 e. The molecular weight excluding hydrogens is 242 g/mol. The Morgan fingerprint density at radius 1 is 1.16 bits per heavy atom. The number of nitrogens with zero attached hydrogens (tertiary/aromatic N) is 2. The zero-order valence-corrected chi connectivity index (χ0v) is 12.0. The van der Waals surface area contributed by atoms with E-state index in [0.29, 0.717) is 13.1 Å². The van der Waals surface area contributed by atoms with E-state index >= 15 is 0 Å². The maximum absolute atomic E-state index is 12.4. The highest BCUT2D eigenvalue weighted by atomic mass is 16.2. The second-order valence-corrected chi connectivity index (χ2v) is 6.16. The second-order valence-electron chi connectivity index (χ2n) is 6.16. The van der Waals surface area contributed by atoms with Gasteiger partial charge in [0.05, 0.1) is 5.54 Å². The van der Waals surface area contributed by atoms with E-state index in [-0.39, 0.29) is 17.7 Å². The molecule has 0 radical (unpaired) electrons. The summed E-state index contributed by atoms with van der Waals surface area (Å²) in [5.41, 5.74) is 5.58. The summed E-state index contributed by atoms with van der Waals surface area (Å²) in [6.45, 7) is 1.34. The summed E-state index contributed by atoms with van der Waals surface area (Å²) >= 11 is 0. The Labute approximate surface area is 115 Å². The molecule has 1 saturated carbocycles. The summed E-state index contributed by atoms with van der Waals surface area (Å²) < 4.78 is 0. The predicted molar refractivity (Wildman–Crippen MR) is 73.4 cm³/mol. The lowest BCUT2D eigenvalue weighted by atomic mass is 9.92. The lowest BCUT2D eigenvalue weighted by Gasteiger charge is -2.36. The molecule has 2 aliphatic rings. The van der Waals surface area contributed by atoms with Gasteiger partial charge in [0.25, 0.3) is 0 Å². The molecule has 1 saturated heterocycles. The first-order valence-electron chi connectivity index (χ1n) is 7.23. The van der Waals surface area contributed by atoms with Gasteiger partial charge in [-0.1, -0.05) is 12.8 Å². The minimum atomic E-state index is -0.627. The van der Waals surface area contributed by atoms with Crippen molar-refractivity contribution in [2.45, 2.75) is 44.1 Å². The fraction of sp³-hybridized carbons (Fsp3) is 0.857. The third kappa shape index (κ3) is 2.91. The molecule has 108 valence electrons. The molecule has 2 amide bonds. The first-order valence-corrected chi connectivity index (χ1v) is 7.23. The average molecular weight is 267 g/mol. The van der Waals surface area contributed by atoms with Crippen LogP contribution in [0.1, 0.15) is 38.5 Å². The molecule has 19 heavy (non-hydrogen) atoms. The van der Waals surface area contributed by atoms with Crippen molar-refractivity contribution in [3.05, 3.63) is 0 Å². The Morgan fingerprint density at radius 2 is 1.68 bits per heavy atom. The quantitative estimate of drug-likeness (QED) is 0.796. The summed E-state index contributed by atoms with van der Waals surface area (Å²) in [6.07, 6.45) is 5.25. The van der Waals surface area contributed by atoms with Crippen molar-refractivity contribution in [2.75, 3.05) is 27.2 Å². The summed E-state index contributed by atoms with van der Waals surface area (Å²) in [6, 6.07) is 0. The van der Waals surface area contributed by atoms with Gasteiger partial charge < -0.3 is 15.5 Å². The van der Waals surface area contributed by atoms with Gasteiger partial charge in [0.1, 0.15) is 0 Å². The molecule has 1 aliphatic heterocycles. The number of hydrogen-bond donors (Lipinski definition) is 1. The van der Waals surface area contributed by atoms with E-state index in [0.717, 1.165) is 38.5 Å². The SMILES string of the molecule is CN(C)C(=O)C1CCN(C(=O)C2(N)CCCC2)CC1. The van der Waals surface area contributed by atoms with Gasteiger partial charge in [-0.3, -0.25) is 9.59 Å². The molecule has 0 aromatic heterocycles. The van der Waals surface area contributed by atoms with Gasteiger partial charge in [-0.15, -0.1) is 0 Å². The number of carbonyl (C=O) groups excluding carboxylic acids is 2. The molecule has 1 heterocycles. The van der Waals surface area contributed by atoms with Crippen molar-refractivity contribution in [1.82, 2.24) is 9.80 Å². The zero-order valence-electron chi connectivity index (χ0n) is 12.0. The van der Waals surface area contributed by atoms with Crippen molar-refractivity contribution in [3.8, 4) is 0 Å². The van der Waals surface area contributed by atoms with Gasteiger partial charge in [0.2, 0.25) is 11.8 Å². The molecule has 5 nitrogen and oxygen atoms in total. The molecule has 2 fully saturated rings. The number of rotatable bonds is 2. The third-order valence-corrected chi connectivity index (χ3v) is 4.49. The number of carbonyl (C=O) groups is 2. The fourth-order valence-corrected chi connectivity index (χ4v) is 3.23. The Hall–Kier alpha value is -1.10. The van der Waals surface area contributed by atoms with Crippen LogP contribution in [0.4, 0.5) is 0 Å². The first-order chi connectivity index (χ1) is 8.94. The van der Waals surface area contributed by atoms with E-state index in [9.17, 15) is 9.59 Å². The summed E-state index contributed by atoms with van der Waals surface area (Å²) in [7, 11) is 3.57. The monoisotopic (exact) mass is 267 g/mol. The van der Waals surface area contributed by atoms with Crippen LogP contribution in [-0.2, 0) is 9.59 Å². The van der Waals surface area contributed by atoms with Crippen LogP contribution >= 0.6 is 0 Å². The summed E-state index contributed by atoms with van der Waals surface area (Å²) in [4.78, 5) is 27.8. The molecule has 0 bridgehead atoms. The average Bonchev–Trinajstić information content (AvgIpc) is 2.85. The molecule has 0 aromatic carbocycles. The third-order valence-electron chi connectivity index (χ3n) is 4.49. The molecule has 2 N–H and O–H groups in total. The van der Waals surface area contributed by atoms with Crippen molar-refractivity contribution >= 4 is 11.8 Å². The van der Waals surface area contributed by atoms with Crippen molar-refractivity contribution in [2.24, 2.45) is 11.7 Å². The number of likely N-dealkylation sites (tertiary alicyclic amines) is 1. The van der Waals surface area contributed by atoms with Crippen LogP contribution in [0.3, 0.4) is 0 Å². The van der Waals surface area contributed by atoms with Crippen LogP contribution < -0.4 is 5.73 Å². The van der Waals surface area contributed by atoms with Crippen LogP contribution in [-0.4, -0.2) is 54.3 Å². The lowest BCUT2D eigenvalue weighted by Crippen LogP contribution is -2.55. The van der Waals surface area contributed by atoms with Gasteiger partial charge in [-0.25, -0.2) is 0 Å². The number of amides is 2. The molecule has 0 atom stereocenters. The van der Waals surface area contributed by atoms with Crippen LogP contribution in [0.2, 0.25) is 0 Å². The highest BCUT2D eigenvalue weighted by molar-refractivity contribution is 5.87. The van der Waals surface area contributed by atoms with E-state index in [2.05, 4.69) is 0 Å². The van der Waals surface area contributed by atoms with Crippen LogP contribution in [0, 0.1) is 5.92 Å². The van der Waals surface area contributed by atoms with Crippen molar-refractivity contribution in [3.63, 3.8) is 0 Å². The van der Waals surface area contributed by atoms with Crippen molar-refractivity contribution in [1.29, 1.82) is 0 Å². The topological polar surface area (TPSA) is 66.6 Å². The van der Waals surface area contributed by atoms with E-state index in [1.165, 1.54) is 0 Å². The van der Waals surface area contributed by atoms with E-state index in [1.54, 1.807) is 19.0 Å². The Morgan fingerprint density at radius 3 is 2.16 bits per heavy atom. The molecule has 0 aromatic rings. The summed E-state index contributed by atoms with van der Waals surface area (Å²) in [5, 5.41) is 0. The zero-order chi connectivity index (χ0) is 14.0. The Kier molecular flexibility index (Phi) is 4.13.